The molecule has 0 saturated heterocycles. The van der Waals surface area contributed by atoms with Gasteiger partial charge in [0.25, 0.3) is 0 Å². The first kappa shape index (κ1) is 7.43. The third-order valence-electron chi connectivity index (χ3n) is 0.532. The molecule has 1 unspecified atom stereocenters. The Kier molecular flexibility index (Phi) is 1.98. The summed E-state index contributed by atoms with van der Waals surface area (Å²) in [7, 11) is 0. The lowest BCUT2D eigenvalue weighted by atomic mass is 10.1. The molecule has 0 aromatic rings. The second kappa shape index (κ2) is 2.13. The molecule has 2 N–H and O–H groups in total. The quantitative estimate of drug-likeness (QED) is 0.537. The predicted molar refractivity (Wildman–Crippen MR) is 28.2 cm³/mol. The lowest BCUT2D eigenvalue weighted by Gasteiger charge is -2.11. The van der Waals surface area contributed by atoms with Gasteiger partial charge in [0.05, 0.1) is 12.0 Å². The van der Waals surface area contributed by atoms with Crippen molar-refractivity contribution in [3.8, 4) is 0 Å². The van der Waals surface area contributed by atoms with Gasteiger partial charge in [0, 0.05) is 0 Å². The molecule has 3 nitrogen and oxygen atoms in total. The molecule has 0 fully saturated rings. The van der Waals surface area contributed by atoms with Crippen LogP contribution in [0.25, 0.3) is 0 Å². The van der Waals surface area contributed by atoms with Crippen molar-refractivity contribution >= 4 is 5.97 Å². The van der Waals surface area contributed by atoms with E-state index in [1.807, 2.05) is 0 Å². The molecule has 0 bridgehead atoms. The Morgan fingerprint density at radius 2 is 2.25 bits per heavy atom. The molecule has 0 rings (SSSR count). The number of carboxylic acids is 1. The average molecular weight is 117 g/mol. The summed E-state index contributed by atoms with van der Waals surface area (Å²) in [6.45, 7) is 4.53. The van der Waals surface area contributed by atoms with E-state index in [0.717, 1.165) is 0 Å². The molecule has 0 saturated carbocycles. The van der Waals surface area contributed by atoms with Crippen LogP contribution in [0.4, 0.5) is 0 Å². The van der Waals surface area contributed by atoms with Crippen LogP contribution in [0.15, 0.2) is 0 Å². The van der Waals surface area contributed by atoms with Crippen molar-refractivity contribution in [3.63, 3.8) is 0 Å². The fraction of sp³-hybridized carbons (Fsp3) is 0.600. The molecular weight excluding hydrogens is 108 g/mol. The monoisotopic (exact) mass is 117 g/mol. The van der Waals surface area contributed by atoms with Gasteiger partial charge in [0.1, 0.15) is 0 Å². The molecule has 0 aliphatic carbocycles. The Balaban J connectivity index is 3.55. The van der Waals surface area contributed by atoms with Crippen LogP contribution in [0.3, 0.4) is 0 Å². The highest BCUT2D eigenvalue weighted by atomic mass is 16.4. The van der Waals surface area contributed by atoms with E-state index in [-0.39, 0.29) is 6.42 Å². The smallest absolute Gasteiger partial charge is 0.306 e. The highest BCUT2D eigenvalue weighted by Crippen LogP contribution is 2.04. The van der Waals surface area contributed by atoms with Crippen molar-refractivity contribution in [1.82, 2.24) is 0 Å². The number of carboxylic acid groups (broad SMARTS) is 1. The van der Waals surface area contributed by atoms with Gasteiger partial charge >= 0.3 is 5.97 Å². The Morgan fingerprint density at radius 1 is 1.88 bits per heavy atom. The van der Waals surface area contributed by atoms with Crippen LogP contribution in [0, 0.1) is 6.92 Å². The van der Waals surface area contributed by atoms with E-state index < -0.39 is 11.6 Å². The van der Waals surface area contributed by atoms with E-state index in [9.17, 15) is 4.79 Å². The zero-order valence-electron chi connectivity index (χ0n) is 4.72. The minimum absolute atomic E-state index is 0.312. The van der Waals surface area contributed by atoms with Gasteiger partial charge in [0.2, 0.25) is 0 Å². The van der Waals surface area contributed by atoms with Crippen LogP contribution in [0.1, 0.15) is 13.3 Å². The molecular formula is C5H9O3. The van der Waals surface area contributed by atoms with Crippen molar-refractivity contribution in [2.24, 2.45) is 0 Å². The Morgan fingerprint density at radius 3 is 2.25 bits per heavy atom. The molecule has 47 valence electrons. The van der Waals surface area contributed by atoms with Crippen LogP contribution < -0.4 is 0 Å². The first-order chi connectivity index (χ1) is 3.42. The summed E-state index contributed by atoms with van der Waals surface area (Å²) in [5.41, 5.74) is -1.33. The summed E-state index contributed by atoms with van der Waals surface area (Å²) >= 11 is 0. The standard InChI is InChI=1S/C5H9O3/c1-5(2,8)3-4(6)7/h8H,1,3H2,2H3,(H,6,7). The molecule has 3 heteroatoms. The van der Waals surface area contributed by atoms with Gasteiger partial charge < -0.3 is 10.2 Å². The van der Waals surface area contributed by atoms with Crippen LogP contribution in [0.5, 0.6) is 0 Å². The van der Waals surface area contributed by atoms with Gasteiger partial charge in [-0.05, 0) is 13.8 Å². The lowest BCUT2D eigenvalue weighted by molar-refractivity contribution is -0.140. The number of hydrogen-bond acceptors (Lipinski definition) is 2. The van der Waals surface area contributed by atoms with E-state index >= 15 is 0 Å². The number of aliphatic hydroxyl groups is 1. The summed E-state index contributed by atoms with van der Waals surface area (Å²) in [5.74, 6) is -1.04. The van der Waals surface area contributed by atoms with Gasteiger partial charge in [-0.25, -0.2) is 0 Å². The third kappa shape index (κ3) is 5.43. The molecule has 8 heavy (non-hydrogen) atoms. The average Bonchev–Trinajstić information content (AvgIpc) is 1.21. The molecule has 0 aliphatic rings. The molecule has 0 heterocycles. The van der Waals surface area contributed by atoms with E-state index in [1.165, 1.54) is 6.92 Å². The van der Waals surface area contributed by atoms with E-state index in [4.69, 9.17) is 10.2 Å². The topological polar surface area (TPSA) is 57.5 Å². The first-order valence-corrected chi connectivity index (χ1v) is 2.21. The maximum atomic E-state index is 9.81. The van der Waals surface area contributed by atoms with Crippen LogP contribution in [-0.4, -0.2) is 21.8 Å². The summed E-state index contributed by atoms with van der Waals surface area (Å²) in [6.07, 6.45) is -0.312. The van der Waals surface area contributed by atoms with Crippen LogP contribution >= 0.6 is 0 Å². The van der Waals surface area contributed by atoms with Gasteiger partial charge in [-0.2, -0.15) is 0 Å². The second-order valence-corrected chi connectivity index (χ2v) is 2.07. The predicted octanol–water partition coefficient (Wildman–Crippen LogP) is 0.0462. The Bertz CT molecular complexity index is 90.3. The van der Waals surface area contributed by atoms with Crippen LogP contribution in [0.2, 0.25) is 0 Å². The van der Waals surface area contributed by atoms with Crippen molar-refractivity contribution < 1.29 is 15.0 Å². The van der Waals surface area contributed by atoms with E-state index in [0.29, 0.717) is 0 Å². The zero-order valence-corrected chi connectivity index (χ0v) is 4.72. The van der Waals surface area contributed by atoms with Gasteiger partial charge in [-0.3, -0.25) is 4.79 Å². The normalized spacial score (nSPS) is 11.4. The van der Waals surface area contributed by atoms with Crippen molar-refractivity contribution in [2.75, 3.05) is 0 Å². The van der Waals surface area contributed by atoms with E-state index in [2.05, 4.69) is 6.92 Å². The van der Waals surface area contributed by atoms with Crippen molar-refractivity contribution in [2.45, 2.75) is 18.9 Å². The van der Waals surface area contributed by atoms with Crippen molar-refractivity contribution in [1.29, 1.82) is 0 Å². The number of rotatable bonds is 2. The molecule has 0 aromatic carbocycles. The van der Waals surface area contributed by atoms with Gasteiger partial charge in [0.15, 0.2) is 0 Å². The summed E-state index contributed by atoms with van der Waals surface area (Å²) < 4.78 is 0. The van der Waals surface area contributed by atoms with Gasteiger partial charge in [-0.15, -0.1) is 0 Å². The largest absolute Gasteiger partial charge is 0.481 e. The summed E-state index contributed by atoms with van der Waals surface area (Å²) in [6, 6.07) is 0. The SMILES string of the molecule is [CH2]C(C)(O)CC(=O)O. The Hall–Kier alpha value is -0.570. The minimum Gasteiger partial charge on any atom is -0.481 e. The number of aliphatic carboxylic acids is 1. The molecule has 0 aromatic heterocycles. The zero-order chi connectivity index (χ0) is 6.78. The highest BCUT2D eigenvalue weighted by molar-refractivity contribution is 5.68. The summed E-state index contributed by atoms with van der Waals surface area (Å²) in [5, 5.41) is 16.7. The molecule has 0 spiro atoms. The first-order valence-electron chi connectivity index (χ1n) is 2.21. The van der Waals surface area contributed by atoms with Crippen LogP contribution in [-0.2, 0) is 4.79 Å². The number of hydrogen-bond donors (Lipinski definition) is 2. The maximum Gasteiger partial charge on any atom is 0.306 e. The third-order valence-corrected chi connectivity index (χ3v) is 0.532. The van der Waals surface area contributed by atoms with E-state index in [1.54, 1.807) is 0 Å². The minimum atomic E-state index is -1.33. The maximum absolute atomic E-state index is 9.81. The fourth-order valence-corrected chi connectivity index (χ4v) is 0.326. The van der Waals surface area contributed by atoms with Gasteiger partial charge in [-0.1, -0.05) is 0 Å². The lowest BCUT2D eigenvalue weighted by Crippen LogP contribution is -2.23. The Labute approximate surface area is 47.9 Å². The highest BCUT2D eigenvalue weighted by Gasteiger charge is 2.16. The molecule has 1 radical (unpaired) electrons. The second-order valence-electron chi connectivity index (χ2n) is 2.07. The molecule has 1 atom stereocenters. The molecule has 0 amide bonds. The molecule has 0 aliphatic heterocycles. The van der Waals surface area contributed by atoms with Crippen molar-refractivity contribution in [3.05, 3.63) is 6.92 Å². The summed E-state index contributed by atoms with van der Waals surface area (Å²) in [4.78, 5) is 9.81. The fourth-order valence-electron chi connectivity index (χ4n) is 0.326. The number of carbonyl (C=O) groups is 1.